The van der Waals surface area contributed by atoms with Gasteiger partial charge in [0.25, 0.3) is 0 Å². The Balaban J connectivity index is 1.76. The first-order chi connectivity index (χ1) is 8.77. The number of thiophene rings is 1. The van der Waals surface area contributed by atoms with E-state index in [9.17, 15) is 4.79 Å². The maximum atomic E-state index is 10.2. The molecule has 0 fully saturated rings. The third-order valence-corrected chi connectivity index (χ3v) is 3.25. The Morgan fingerprint density at radius 2 is 2.17 bits per heavy atom. The van der Waals surface area contributed by atoms with Crippen LogP contribution in [-0.4, -0.2) is 30.9 Å². The highest BCUT2D eigenvalue weighted by Gasteiger charge is 2.02. The van der Waals surface area contributed by atoms with Gasteiger partial charge in [0.1, 0.15) is 12.4 Å². The number of hydrogen-bond acceptors (Lipinski definition) is 4. The molecule has 1 aromatic carbocycles. The topological polar surface area (TPSA) is 55.8 Å². The summed E-state index contributed by atoms with van der Waals surface area (Å²) in [4.78, 5) is 10.2. The summed E-state index contributed by atoms with van der Waals surface area (Å²) in [7, 11) is 0. The first-order valence-electron chi connectivity index (χ1n) is 5.66. The lowest BCUT2D eigenvalue weighted by atomic mass is 10.2. The molecule has 1 heterocycles. The summed E-state index contributed by atoms with van der Waals surface area (Å²) < 4.78 is 11.8. The van der Waals surface area contributed by atoms with E-state index in [4.69, 9.17) is 14.6 Å². The summed E-state index contributed by atoms with van der Waals surface area (Å²) in [6.45, 7) is 0.667. The van der Waals surface area contributed by atoms with Gasteiger partial charge in [0.05, 0.1) is 13.2 Å². The Bertz CT molecular complexity index is 520. The average molecular weight is 266 g/mol. The van der Waals surface area contributed by atoms with Crippen LogP contribution in [0, 0.1) is 0 Å². The van der Waals surface area contributed by atoms with E-state index in [0.29, 0.717) is 19.6 Å². The highest BCUT2D eigenvalue weighted by Crippen LogP contribution is 2.29. The minimum atomic E-state index is -0.945. The molecule has 0 aliphatic carbocycles. The minimum absolute atomic E-state index is 0.250. The maximum absolute atomic E-state index is 10.2. The molecular formula is C13H14O4S. The van der Waals surface area contributed by atoms with Gasteiger partial charge in [0.2, 0.25) is 0 Å². The molecule has 0 radical (unpaired) electrons. The Morgan fingerprint density at radius 1 is 1.28 bits per heavy atom. The average Bonchev–Trinajstić information content (AvgIpc) is 2.82. The van der Waals surface area contributed by atoms with Crippen LogP contribution in [0.1, 0.15) is 6.42 Å². The van der Waals surface area contributed by atoms with Crippen molar-refractivity contribution in [3.63, 3.8) is 0 Å². The molecule has 5 heteroatoms. The molecule has 0 bridgehead atoms. The van der Waals surface area contributed by atoms with Gasteiger partial charge >= 0.3 is 5.97 Å². The fourth-order valence-corrected chi connectivity index (χ4v) is 2.40. The molecule has 0 spiro atoms. The van der Waals surface area contributed by atoms with Crippen LogP contribution >= 0.6 is 11.3 Å². The third kappa shape index (κ3) is 3.45. The zero-order chi connectivity index (χ0) is 12.8. The van der Waals surface area contributed by atoms with Crippen LogP contribution in [0.2, 0.25) is 0 Å². The van der Waals surface area contributed by atoms with Crippen LogP contribution in [0.4, 0.5) is 0 Å². The molecule has 0 aliphatic rings. The lowest BCUT2D eigenvalue weighted by Gasteiger charge is -2.07. The molecule has 0 aliphatic heterocycles. The number of carboxylic acid groups (broad SMARTS) is 1. The summed E-state index contributed by atoms with van der Waals surface area (Å²) >= 11 is 1.68. The van der Waals surface area contributed by atoms with E-state index in [2.05, 4.69) is 6.07 Å². The van der Waals surface area contributed by atoms with Crippen molar-refractivity contribution < 1.29 is 19.4 Å². The Labute approximate surface area is 109 Å². The molecule has 0 saturated heterocycles. The van der Waals surface area contributed by atoms with Gasteiger partial charge in [0.15, 0.2) is 0 Å². The summed E-state index contributed by atoms with van der Waals surface area (Å²) in [6.07, 6.45) is 0.674. The number of aliphatic carboxylic acids is 1. The van der Waals surface area contributed by atoms with Crippen LogP contribution in [0.3, 0.4) is 0 Å². The molecule has 1 aromatic heterocycles. The largest absolute Gasteiger partial charge is 0.493 e. The molecule has 0 saturated carbocycles. The zero-order valence-electron chi connectivity index (χ0n) is 9.80. The van der Waals surface area contributed by atoms with E-state index in [1.807, 2.05) is 23.6 Å². The summed E-state index contributed by atoms with van der Waals surface area (Å²) in [5.41, 5.74) is 0. The van der Waals surface area contributed by atoms with Crippen molar-refractivity contribution in [2.45, 2.75) is 6.42 Å². The SMILES string of the molecule is O=C(O)COCCCOc1cccc2sccc12. The van der Waals surface area contributed by atoms with E-state index in [0.717, 1.165) is 11.1 Å². The molecule has 0 unspecified atom stereocenters. The van der Waals surface area contributed by atoms with Gasteiger partial charge in [-0.1, -0.05) is 6.07 Å². The van der Waals surface area contributed by atoms with Crippen LogP contribution in [0.15, 0.2) is 29.6 Å². The summed E-state index contributed by atoms with van der Waals surface area (Å²) in [6, 6.07) is 8.00. The lowest BCUT2D eigenvalue weighted by molar-refractivity contribution is -0.142. The Morgan fingerprint density at radius 3 is 3.00 bits per heavy atom. The Kier molecular flexibility index (Phi) is 4.55. The van der Waals surface area contributed by atoms with Gasteiger partial charge in [-0.2, -0.15) is 0 Å². The van der Waals surface area contributed by atoms with Crippen molar-refractivity contribution in [2.24, 2.45) is 0 Å². The van der Waals surface area contributed by atoms with E-state index < -0.39 is 5.97 Å². The van der Waals surface area contributed by atoms with Crippen molar-refractivity contribution in [3.8, 4) is 5.75 Å². The molecule has 0 amide bonds. The van der Waals surface area contributed by atoms with Crippen molar-refractivity contribution in [1.82, 2.24) is 0 Å². The number of benzene rings is 1. The fourth-order valence-electron chi connectivity index (χ4n) is 1.59. The van der Waals surface area contributed by atoms with Crippen LogP contribution < -0.4 is 4.74 Å². The monoisotopic (exact) mass is 266 g/mol. The smallest absolute Gasteiger partial charge is 0.329 e. The fraction of sp³-hybridized carbons (Fsp3) is 0.308. The maximum Gasteiger partial charge on any atom is 0.329 e. The van der Waals surface area contributed by atoms with E-state index in [-0.39, 0.29) is 6.61 Å². The first-order valence-corrected chi connectivity index (χ1v) is 6.54. The van der Waals surface area contributed by atoms with Crippen molar-refractivity contribution in [1.29, 1.82) is 0 Å². The molecule has 96 valence electrons. The zero-order valence-corrected chi connectivity index (χ0v) is 10.6. The van der Waals surface area contributed by atoms with Gasteiger partial charge in [-0.15, -0.1) is 11.3 Å². The van der Waals surface area contributed by atoms with Crippen molar-refractivity contribution in [3.05, 3.63) is 29.6 Å². The molecule has 2 rings (SSSR count). The number of ether oxygens (including phenoxy) is 2. The van der Waals surface area contributed by atoms with Gasteiger partial charge in [-0.3, -0.25) is 0 Å². The van der Waals surface area contributed by atoms with Crippen LogP contribution in [0.25, 0.3) is 10.1 Å². The second-order valence-electron chi connectivity index (χ2n) is 3.74. The summed E-state index contributed by atoms with van der Waals surface area (Å²) in [5, 5.41) is 11.5. The number of carbonyl (C=O) groups is 1. The molecule has 18 heavy (non-hydrogen) atoms. The van der Waals surface area contributed by atoms with E-state index >= 15 is 0 Å². The Hall–Kier alpha value is -1.59. The van der Waals surface area contributed by atoms with Gasteiger partial charge < -0.3 is 14.6 Å². The predicted octanol–water partition coefficient (Wildman–Crippen LogP) is 2.77. The first kappa shape index (κ1) is 12.9. The number of hydrogen-bond donors (Lipinski definition) is 1. The van der Waals surface area contributed by atoms with E-state index in [1.54, 1.807) is 11.3 Å². The minimum Gasteiger partial charge on any atom is -0.493 e. The highest BCUT2D eigenvalue weighted by atomic mass is 32.1. The normalized spacial score (nSPS) is 10.7. The van der Waals surface area contributed by atoms with Crippen molar-refractivity contribution in [2.75, 3.05) is 19.8 Å². The molecular weight excluding hydrogens is 252 g/mol. The molecule has 4 nitrogen and oxygen atoms in total. The second kappa shape index (κ2) is 6.37. The van der Waals surface area contributed by atoms with Crippen LogP contribution in [-0.2, 0) is 9.53 Å². The molecule has 0 atom stereocenters. The standard InChI is InChI=1S/C13H14O4S/c14-13(15)9-16-6-2-7-17-11-3-1-4-12-10(11)5-8-18-12/h1,3-5,8H,2,6-7,9H2,(H,14,15). The number of rotatable bonds is 7. The van der Waals surface area contributed by atoms with Gasteiger partial charge in [0, 0.05) is 16.5 Å². The number of fused-ring (bicyclic) bond motifs is 1. The van der Waals surface area contributed by atoms with Gasteiger partial charge in [-0.25, -0.2) is 4.79 Å². The quantitative estimate of drug-likeness (QED) is 0.783. The van der Waals surface area contributed by atoms with Gasteiger partial charge in [-0.05, 0) is 23.6 Å². The second-order valence-corrected chi connectivity index (χ2v) is 4.68. The van der Waals surface area contributed by atoms with Crippen molar-refractivity contribution >= 4 is 27.4 Å². The number of carboxylic acids is 1. The van der Waals surface area contributed by atoms with Crippen LogP contribution in [0.5, 0.6) is 5.75 Å². The third-order valence-electron chi connectivity index (χ3n) is 2.37. The highest BCUT2D eigenvalue weighted by molar-refractivity contribution is 7.17. The molecule has 1 N–H and O–H groups in total. The molecule has 2 aromatic rings. The summed E-state index contributed by atoms with van der Waals surface area (Å²) in [5.74, 6) is -0.0778. The lowest BCUT2D eigenvalue weighted by Crippen LogP contribution is -2.09. The van der Waals surface area contributed by atoms with E-state index in [1.165, 1.54) is 4.70 Å². The predicted molar refractivity (Wildman–Crippen MR) is 70.4 cm³/mol.